The Kier molecular flexibility index (Phi) is 3.42. The number of rotatable bonds is 4. The molecule has 4 heteroatoms. The third-order valence-electron chi connectivity index (χ3n) is 3.26. The van der Waals surface area contributed by atoms with Crippen molar-refractivity contribution in [1.82, 2.24) is 10.3 Å². The van der Waals surface area contributed by atoms with Crippen molar-refractivity contribution in [3.8, 4) is 0 Å². The van der Waals surface area contributed by atoms with E-state index in [0.29, 0.717) is 6.54 Å². The molecule has 0 unspecified atom stereocenters. The van der Waals surface area contributed by atoms with E-state index in [4.69, 9.17) is 0 Å². The molecule has 1 amide bonds. The van der Waals surface area contributed by atoms with E-state index in [0.717, 1.165) is 16.5 Å². The summed E-state index contributed by atoms with van der Waals surface area (Å²) in [5, 5.41) is 3.76. The van der Waals surface area contributed by atoms with Crippen molar-refractivity contribution in [2.45, 2.75) is 19.3 Å². The molecule has 100 valence electrons. The lowest BCUT2D eigenvalue weighted by atomic mass is 9.84. The number of nitrogens with one attached hydrogen (secondary N) is 2. The summed E-state index contributed by atoms with van der Waals surface area (Å²) < 4.78 is 13.2. The highest BCUT2D eigenvalue weighted by Gasteiger charge is 2.24. The molecule has 2 aromatic rings. The molecule has 0 saturated carbocycles. The highest BCUT2D eigenvalue weighted by molar-refractivity contribution is 5.87. The van der Waals surface area contributed by atoms with Crippen LogP contribution in [0.4, 0.5) is 4.39 Å². The summed E-state index contributed by atoms with van der Waals surface area (Å²) in [4.78, 5) is 14.3. The molecule has 3 nitrogen and oxygen atoms in total. The van der Waals surface area contributed by atoms with Crippen molar-refractivity contribution in [2.24, 2.45) is 0 Å². The molecule has 19 heavy (non-hydrogen) atoms. The van der Waals surface area contributed by atoms with Gasteiger partial charge in [-0.15, -0.1) is 0 Å². The molecule has 0 aliphatic heterocycles. The average Bonchev–Trinajstić information content (AvgIpc) is 2.79. The normalized spacial score (nSPS) is 11.5. The topological polar surface area (TPSA) is 44.9 Å². The minimum Gasteiger partial charge on any atom is -0.361 e. The number of hydrogen-bond acceptors (Lipinski definition) is 1. The Morgan fingerprint density at radius 2 is 2.26 bits per heavy atom. The smallest absolute Gasteiger partial charge is 0.243 e. The highest BCUT2D eigenvalue weighted by Crippen LogP contribution is 2.30. The van der Waals surface area contributed by atoms with Crippen LogP contribution in [-0.2, 0) is 10.2 Å². The van der Waals surface area contributed by atoms with E-state index in [1.165, 1.54) is 18.2 Å². The zero-order chi connectivity index (χ0) is 14.0. The van der Waals surface area contributed by atoms with Crippen LogP contribution < -0.4 is 5.32 Å². The number of aromatic nitrogens is 1. The predicted octanol–water partition coefficient (Wildman–Crippen LogP) is 2.89. The van der Waals surface area contributed by atoms with Crippen molar-refractivity contribution in [3.05, 3.63) is 48.4 Å². The number of fused-ring (bicyclic) bond motifs is 1. The molecule has 1 heterocycles. The van der Waals surface area contributed by atoms with Gasteiger partial charge in [0.05, 0.1) is 0 Å². The van der Waals surface area contributed by atoms with Crippen LogP contribution in [0, 0.1) is 5.82 Å². The number of halogens is 1. The van der Waals surface area contributed by atoms with Gasteiger partial charge in [-0.05, 0) is 29.8 Å². The Bertz CT molecular complexity index is 628. The first-order valence-corrected chi connectivity index (χ1v) is 6.11. The fourth-order valence-electron chi connectivity index (χ4n) is 2.13. The van der Waals surface area contributed by atoms with Crippen molar-refractivity contribution in [3.63, 3.8) is 0 Å². The SMILES string of the molecule is C=CC(=O)NCC(C)(C)c1c[nH]c2cc(F)ccc12. The van der Waals surface area contributed by atoms with Crippen LogP contribution in [-0.4, -0.2) is 17.4 Å². The van der Waals surface area contributed by atoms with Gasteiger partial charge >= 0.3 is 0 Å². The van der Waals surface area contributed by atoms with Gasteiger partial charge in [-0.25, -0.2) is 4.39 Å². The summed E-state index contributed by atoms with van der Waals surface area (Å²) in [6.07, 6.45) is 3.12. The lowest BCUT2D eigenvalue weighted by molar-refractivity contribution is -0.116. The molecule has 1 aromatic carbocycles. The standard InChI is InChI=1S/C15H17FN2O/c1-4-14(19)18-9-15(2,3)12-8-17-13-7-10(16)5-6-11(12)13/h4-8,17H,1,9H2,2-3H3,(H,18,19). The number of H-pyrrole nitrogens is 1. The van der Waals surface area contributed by atoms with E-state index in [1.54, 1.807) is 6.07 Å². The first-order valence-electron chi connectivity index (χ1n) is 6.11. The van der Waals surface area contributed by atoms with Crippen LogP contribution in [0.25, 0.3) is 10.9 Å². The fourth-order valence-corrected chi connectivity index (χ4v) is 2.13. The monoisotopic (exact) mass is 260 g/mol. The van der Waals surface area contributed by atoms with Gasteiger partial charge < -0.3 is 10.3 Å². The molecule has 0 aliphatic carbocycles. The predicted molar refractivity (Wildman–Crippen MR) is 74.5 cm³/mol. The van der Waals surface area contributed by atoms with Crippen LogP contribution in [0.5, 0.6) is 0 Å². The van der Waals surface area contributed by atoms with Crippen LogP contribution in [0.2, 0.25) is 0 Å². The van der Waals surface area contributed by atoms with Gasteiger partial charge in [0.15, 0.2) is 0 Å². The largest absolute Gasteiger partial charge is 0.361 e. The molecule has 0 fully saturated rings. The third kappa shape index (κ3) is 2.67. The fraction of sp³-hybridized carbons (Fsp3) is 0.267. The highest BCUT2D eigenvalue weighted by atomic mass is 19.1. The Morgan fingerprint density at radius 3 is 2.95 bits per heavy atom. The van der Waals surface area contributed by atoms with Crippen LogP contribution in [0.15, 0.2) is 37.1 Å². The Morgan fingerprint density at radius 1 is 1.53 bits per heavy atom. The van der Waals surface area contributed by atoms with E-state index in [1.807, 2.05) is 20.0 Å². The molecule has 0 radical (unpaired) electrons. The number of benzene rings is 1. The average molecular weight is 260 g/mol. The number of carbonyl (C=O) groups is 1. The number of hydrogen-bond donors (Lipinski definition) is 2. The molecule has 0 bridgehead atoms. The lowest BCUT2D eigenvalue weighted by Gasteiger charge is -2.24. The van der Waals surface area contributed by atoms with Gasteiger partial charge in [0.2, 0.25) is 5.91 Å². The summed E-state index contributed by atoms with van der Waals surface area (Å²) in [6.45, 7) is 7.97. The van der Waals surface area contributed by atoms with Gasteiger partial charge in [-0.2, -0.15) is 0 Å². The third-order valence-corrected chi connectivity index (χ3v) is 3.26. The molecular weight excluding hydrogens is 243 g/mol. The molecule has 2 N–H and O–H groups in total. The molecular formula is C15H17FN2O. The molecule has 2 rings (SSSR count). The summed E-state index contributed by atoms with van der Waals surface area (Å²) in [7, 11) is 0. The zero-order valence-corrected chi connectivity index (χ0v) is 11.1. The second-order valence-corrected chi connectivity index (χ2v) is 5.20. The summed E-state index contributed by atoms with van der Waals surface area (Å²) in [5.41, 5.74) is 1.55. The van der Waals surface area contributed by atoms with E-state index in [-0.39, 0.29) is 17.1 Å². The van der Waals surface area contributed by atoms with Gasteiger partial charge in [0, 0.05) is 29.1 Å². The molecule has 1 aromatic heterocycles. The van der Waals surface area contributed by atoms with Crippen molar-refractivity contribution >= 4 is 16.8 Å². The summed E-state index contributed by atoms with van der Waals surface area (Å²) in [6, 6.07) is 4.67. The minimum absolute atomic E-state index is 0.195. The number of carbonyl (C=O) groups excluding carboxylic acids is 1. The summed E-state index contributed by atoms with van der Waals surface area (Å²) >= 11 is 0. The van der Waals surface area contributed by atoms with Gasteiger partial charge in [0.25, 0.3) is 0 Å². The van der Waals surface area contributed by atoms with Crippen LogP contribution >= 0.6 is 0 Å². The maximum Gasteiger partial charge on any atom is 0.243 e. The Hall–Kier alpha value is -2.10. The molecule has 0 spiro atoms. The van der Waals surface area contributed by atoms with E-state index < -0.39 is 0 Å². The molecule has 0 atom stereocenters. The maximum atomic E-state index is 13.2. The second-order valence-electron chi connectivity index (χ2n) is 5.20. The number of aromatic amines is 1. The maximum absolute atomic E-state index is 13.2. The van der Waals surface area contributed by atoms with Crippen molar-refractivity contribution in [1.29, 1.82) is 0 Å². The minimum atomic E-state index is -0.265. The van der Waals surface area contributed by atoms with Gasteiger partial charge in [0.1, 0.15) is 5.82 Å². The second kappa shape index (κ2) is 4.88. The molecule has 0 aliphatic rings. The van der Waals surface area contributed by atoms with Crippen LogP contribution in [0.3, 0.4) is 0 Å². The molecule has 0 saturated heterocycles. The van der Waals surface area contributed by atoms with E-state index >= 15 is 0 Å². The lowest BCUT2D eigenvalue weighted by Crippen LogP contribution is -2.35. The Labute approximate surface area is 111 Å². The Balaban J connectivity index is 2.32. The first kappa shape index (κ1) is 13.3. The van der Waals surface area contributed by atoms with Crippen molar-refractivity contribution < 1.29 is 9.18 Å². The summed E-state index contributed by atoms with van der Waals surface area (Å²) in [5.74, 6) is -0.461. The van der Waals surface area contributed by atoms with E-state index in [2.05, 4.69) is 16.9 Å². The van der Waals surface area contributed by atoms with Crippen molar-refractivity contribution in [2.75, 3.05) is 6.54 Å². The number of amides is 1. The van der Waals surface area contributed by atoms with Crippen LogP contribution in [0.1, 0.15) is 19.4 Å². The zero-order valence-electron chi connectivity index (χ0n) is 11.1. The van der Waals surface area contributed by atoms with Gasteiger partial charge in [-0.1, -0.05) is 20.4 Å². The first-order chi connectivity index (χ1) is 8.94. The van der Waals surface area contributed by atoms with E-state index in [9.17, 15) is 9.18 Å². The quantitative estimate of drug-likeness (QED) is 0.816. The van der Waals surface area contributed by atoms with Gasteiger partial charge in [-0.3, -0.25) is 4.79 Å².